The summed E-state index contributed by atoms with van der Waals surface area (Å²) in [6.07, 6.45) is 2.00. The van der Waals surface area contributed by atoms with E-state index in [0.717, 1.165) is 25.1 Å². The number of likely N-dealkylation sites (tertiary alicyclic amines) is 1. The predicted octanol–water partition coefficient (Wildman–Crippen LogP) is 0.495. The van der Waals surface area contributed by atoms with Crippen molar-refractivity contribution in [1.82, 2.24) is 20.4 Å². The Balaban J connectivity index is 2.09. The molecule has 6 nitrogen and oxygen atoms in total. The largest absolute Gasteiger partial charge is 0.354 e. The third-order valence-electron chi connectivity index (χ3n) is 3.36. The first-order chi connectivity index (χ1) is 8.61. The second kappa shape index (κ2) is 5.20. The number of amides is 2. The molecule has 1 atom stereocenters. The fraction of sp³-hybridized carbons (Fsp3) is 0.583. The first-order valence-electron chi connectivity index (χ1n) is 6.14. The Morgan fingerprint density at radius 3 is 3.00 bits per heavy atom. The molecule has 2 amide bonds. The normalized spacial score (nSPS) is 19.7. The van der Waals surface area contributed by atoms with E-state index in [1.54, 1.807) is 20.0 Å². The minimum absolute atomic E-state index is 0.103. The van der Waals surface area contributed by atoms with Crippen LogP contribution in [0.25, 0.3) is 0 Å². The van der Waals surface area contributed by atoms with Crippen molar-refractivity contribution in [3.63, 3.8) is 0 Å². The molecule has 1 aromatic heterocycles. The van der Waals surface area contributed by atoms with Crippen LogP contribution in [0.4, 0.5) is 0 Å². The fourth-order valence-corrected chi connectivity index (χ4v) is 2.31. The van der Waals surface area contributed by atoms with E-state index in [-0.39, 0.29) is 17.7 Å². The summed E-state index contributed by atoms with van der Waals surface area (Å²) in [6.45, 7) is 3.11. The van der Waals surface area contributed by atoms with Gasteiger partial charge in [-0.15, -0.1) is 0 Å². The molecule has 6 heteroatoms. The van der Waals surface area contributed by atoms with Gasteiger partial charge in [-0.1, -0.05) is 0 Å². The third-order valence-corrected chi connectivity index (χ3v) is 3.36. The van der Waals surface area contributed by atoms with Gasteiger partial charge in [0.15, 0.2) is 0 Å². The van der Waals surface area contributed by atoms with Crippen molar-refractivity contribution < 1.29 is 9.59 Å². The molecule has 1 aromatic rings. The van der Waals surface area contributed by atoms with Crippen LogP contribution >= 0.6 is 0 Å². The minimum atomic E-state index is -0.197. The van der Waals surface area contributed by atoms with Gasteiger partial charge in [0.05, 0.1) is 0 Å². The molecule has 18 heavy (non-hydrogen) atoms. The Labute approximate surface area is 106 Å². The van der Waals surface area contributed by atoms with Crippen molar-refractivity contribution in [1.29, 1.82) is 0 Å². The van der Waals surface area contributed by atoms with Gasteiger partial charge >= 0.3 is 0 Å². The quantitative estimate of drug-likeness (QED) is 0.802. The van der Waals surface area contributed by atoms with E-state index in [2.05, 4.69) is 15.5 Å². The maximum Gasteiger partial charge on any atom is 0.271 e. The van der Waals surface area contributed by atoms with Crippen LogP contribution in [0.1, 0.15) is 41.9 Å². The van der Waals surface area contributed by atoms with E-state index in [0.29, 0.717) is 12.2 Å². The number of hydrogen-bond donors (Lipinski definition) is 2. The van der Waals surface area contributed by atoms with E-state index in [1.807, 2.05) is 4.90 Å². The molecule has 0 spiro atoms. The van der Waals surface area contributed by atoms with Crippen LogP contribution in [-0.4, -0.2) is 47.0 Å². The number of carbonyl (C=O) groups is 2. The van der Waals surface area contributed by atoms with Crippen molar-refractivity contribution in [3.05, 3.63) is 17.5 Å². The maximum absolute atomic E-state index is 11.4. The molecule has 0 aromatic carbocycles. The van der Waals surface area contributed by atoms with Gasteiger partial charge in [-0.05, 0) is 18.9 Å². The summed E-state index contributed by atoms with van der Waals surface area (Å²) in [4.78, 5) is 24.6. The molecule has 1 fully saturated rings. The second-order valence-corrected chi connectivity index (χ2v) is 4.59. The average Bonchev–Trinajstić information content (AvgIpc) is 2.87. The molecule has 1 aliphatic rings. The highest BCUT2D eigenvalue weighted by Gasteiger charge is 2.24. The van der Waals surface area contributed by atoms with Crippen LogP contribution < -0.4 is 5.32 Å². The zero-order valence-corrected chi connectivity index (χ0v) is 10.7. The first-order valence-corrected chi connectivity index (χ1v) is 6.14. The number of H-pyrrole nitrogens is 1. The SMILES string of the molecule is CNC(=O)c1cc([C@H]2CCCN(C(C)=O)C2)[nH]n1. The molecule has 0 aliphatic carbocycles. The van der Waals surface area contributed by atoms with Crippen LogP contribution in [0.5, 0.6) is 0 Å². The summed E-state index contributed by atoms with van der Waals surface area (Å²) in [5, 5.41) is 9.43. The number of aromatic amines is 1. The third kappa shape index (κ3) is 2.52. The van der Waals surface area contributed by atoms with Crippen LogP contribution in [0.15, 0.2) is 6.07 Å². The number of carbonyl (C=O) groups excluding carboxylic acids is 2. The van der Waals surface area contributed by atoms with Gasteiger partial charge in [0, 0.05) is 38.7 Å². The number of nitrogens with zero attached hydrogens (tertiary/aromatic N) is 2. The molecular weight excluding hydrogens is 232 g/mol. The topological polar surface area (TPSA) is 78.1 Å². The summed E-state index contributed by atoms with van der Waals surface area (Å²) in [5.41, 5.74) is 1.33. The lowest BCUT2D eigenvalue weighted by molar-refractivity contribution is -0.130. The summed E-state index contributed by atoms with van der Waals surface area (Å²) in [6, 6.07) is 1.77. The van der Waals surface area contributed by atoms with Crippen LogP contribution in [0, 0.1) is 0 Å². The molecule has 0 saturated carbocycles. The fourth-order valence-electron chi connectivity index (χ4n) is 2.31. The molecule has 0 bridgehead atoms. The van der Waals surface area contributed by atoms with Crippen LogP contribution in [0.3, 0.4) is 0 Å². The molecule has 98 valence electrons. The van der Waals surface area contributed by atoms with Gasteiger partial charge in [-0.25, -0.2) is 0 Å². The summed E-state index contributed by atoms with van der Waals surface area (Å²) < 4.78 is 0. The van der Waals surface area contributed by atoms with Gasteiger partial charge < -0.3 is 10.2 Å². The lowest BCUT2D eigenvalue weighted by atomic mass is 9.94. The molecule has 2 N–H and O–H groups in total. The Bertz CT molecular complexity index is 455. The molecule has 0 radical (unpaired) electrons. The summed E-state index contributed by atoms with van der Waals surface area (Å²) in [7, 11) is 1.58. The van der Waals surface area contributed by atoms with Crippen molar-refractivity contribution in [2.75, 3.05) is 20.1 Å². The van der Waals surface area contributed by atoms with Gasteiger partial charge in [-0.2, -0.15) is 5.10 Å². The molecule has 1 saturated heterocycles. The first kappa shape index (κ1) is 12.6. The Morgan fingerprint density at radius 1 is 1.56 bits per heavy atom. The molecule has 1 aliphatic heterocycles. The van der Waals surface area contributed by atoms with E-state index in [4.69, 9.17) is 0 Å². The zero-order valence-electron chi connectivity index (χ0n) is 10.7. The van der Waals surface area contributed by atoms with E-state index in [1.165, 1.54) is 0 Å². The van der Waals surface area contributed by atoms with Gasteiger partial charge in [0.2, 0.25) is 5.91 Å². The Kier molecular flexibility index (Phi) is 3.64. The summed E-state index contributed by atoms with van der Waals surface area (Å²) in [5.74, 6) is 0.149. The molecular formula is C12H18N4O2. The van der Waals surface area contributed by atoms with Crippen molar-refractivity contribution in [3.8, 4) is 0 Å². The van der Waals surface area contributed by atoms with Gasteiger partial charge in [0.25, 0.3) is 5.91 Å². The maximum atomic E-state index is 11.4. The van der Waals surface area contributed by atoms with E-state index >= 15 is 0 Å². The van der Waals surface area contributed by atoms with E-state index in [9.17, 15) is 9.59 Å². The highest BCUT2D eigenvalue weighted by atomic mass is 16.2. The number of nitrogens with one attached hydrogen (secondary N) is 2. The van der Waals surface area contributed by atoms with Crippen LogP contribution in [-0.2, 0) is 4.79 Å². The average molecular weight is 250 g/mol. The lowest BCUT2D eigenvalue weighted by Crippen LogP contribution is -2.37. The smallest absolute Gasteiger partial charge is 0.271 e. The predicted molar refractivity (Wildman–Crippen MR) is 66.2 cm³/mol. The number of aromatic nitrogens is 2. The van der Waals surface area contributed by atoms with Crippen molar-refractivity contribution in [2.24, 2.45) is 0 Å². The Hall–Kier alpha value is -1.85. The minimum Gasteiger partial charge on any atom is -0.354 e. The molecule has 2 heterocycles. The number of piperidine rings is 1. The standard InChI is InChI=1S/C12H18N4O2/c1-8(17)16-5-3-4-9(7-16)10-6-11(15-14-10)12(18)13-2/h6,9H,3-5,7H2,1-2H3,(H,13,18)(H,14,15)/t9-/m0/s1. The van der Waals surface area contributed by atoms with Crippen molar-refractivity contribution in [2.45, 2.75) is 25.7 Å². The Morgan fingerprint density at radius 2 is 2.33 bits per heavy atom. The lowest BCUT2D eigenvalue weighted by Gasteiger charge is -2.31. The van der Waals surface area contributed by atoms with Crippen molar-refractivity contribution >= 4 is 11.8 Å². The van der Waals surface area contributed by atoms with Gasteiger partial charge in [0.1, 0.15) is 5.69 Å². The molecule has 0 unspecified atom stereocenters. The highest BCUT2D eigenvalue weighted by molar-refractivity contribution is 5.92. The van der Waals surface area contributed by atoms with E-state index < -0.39 is 0 Å². The number of hydrogen-bond acceptors (Lipinski definition) is 3. The second-order valence-electron chi connectivity index (χ2n) is 4.59. The number of rotatable bonds is 2. The monoisotopic (exact) mass is 250 g/mol. The van der Waals surface area contributed by atoms with Gasteiger partial charge in [-0.3, -0.25) is 14.7 Å². The highest BCUT2D eigenvalue weighted by Crippen LogP contribution is 2.25. The van der Waals surface area contributed by atoms with Crippen LogP contribution in [0.2, 0.25) is 0 Å². The zero-order chi connectivity index (χ0) is 13.1. The molecule has 2 rings (SSSR count). The summed E-state index contributed by atoms with van der Waals surface area (Å²) >= 11 is 0.